The minimum absolute atomic E-state index is 0.0312. The fraction of sp³-hybridized carbons (Fsp3) is 0.562. The number of hydrogen-bond donors (Lipinski definition) is 3. The number of carboxylic acid groups (broad SMARTS) is 1. The van der Waals surface area contributed by atoms with E-state index in [0.717, 1.165) is 37.0 Å². The van der Waals surface area contributed by atoms with E-state index >= 15 is 0 Å². The number of carbonyl (C=O) groups is 1. The molecular weight excluding hydrogens is 270 g/mol. The van der Waals surface area contributed by atoms with Crippen LogP contribution in [0.2, 0.25) is 0 Å². The molecule has 0 spiro atoms. The van der Waals surface area contributed by atoms with E-state index in [0.29, 0.717) is 6.54 Å². The summed E-state index contributed by atoms with van der Waals surface area (Å²) in [6, 6.07) is 7.90. The molecule has 0 amide bonds. The number of ether oxygens (including phenoxy) is 1. The fourth-order valence-corrected chi connectivity index (χ4v) is 3.01. The summed E-state index contributed by atoms with van der Waals surface area (Å²) in [6.07, 6.45) is 5.15. The van der Waals surface area contributed by atoms with Gasteiger partial charge in [0, 0.05) is 12.5 Å². The summed E-state index contributed by atoms with van der Waals surface area (Å²) in [7, 11) is 1.66. The van der Waals surface area contributed by atoms with Crippen molar-refractivity contribution in [2.45, 2.75) is 43.6 Å². The summed E-state index contributed by atoms with van der Waals surface area (Å²) < 4.78 is 5.16. The van der Waals surface area contributed by atoms with E-state index in [1.54, 1.807) is 7.11 Å². The molecule has 2 rings (SSSR count). The Morgan fingerprint density at radius 3 is 2.24 bits per heavy atom. The van der Waals surface area contributed by atoms with Crippen molar-refractivity contribution in [3.8, 4) is 5.75 Å². The lowest BCUT2D eigenvalue weighted by Gasteiger charge is -2.39. The van der Waals surface area contributed by atoms with Crippen molar-refractivity contribution >= 4 is 6.47 Å². The van der Waals surface area contributed by atoms with Crippen LogP contribution >= 0.6 is 0 Å². The average Bonchev–Trinajstić information content (AvgIpc) is 2.50. The van der Waals surface area contributed by atoms with Crippen LogP contribution in [0.15, 0.2) is 24.3 Å². The Morgan fingerprint density at radius 2 is 1.81 bits per heavy atom. The quantitative estimate of drug-likeness (QED) is 0.740. The molecular formula is C16H25NO4. The van der Waals surface area contributed by atoms with Crippen LogP contribution in [0, 0.1) is 0 Å². The van der Waals surface area contributed by atoms with Gasteiger partial charge in [0.2, 0.25) is 0 Å². The Hall–Kier alpha value is -1.59. The highest BCUT2D eigenvalue weighted by molar-refractivity contribution is 5.32. The molecule has 0 heterocycles. The molecule has 0 radical (unpaired) electrons. The third-order valence-corrected chi connectivity index (χ3v) is 4.12. The predicted octanol–water partition coefficient (Wildman–Crippen LogP) is 2.13. The van der Waals surface area contributed by atoms with Crippen molar-refractivity contribution in [3.05, 3.63) is 29.8 Å². The first kappa shape index (κ1) is 17.5. The maximum Gasteiger partial charge on any atom is 0.290 e. The van der Waals surface area contributed by atoms with Crippen LogP contribution in [-0.4, -0.2) is 35.9 Å². The van der Waals surface area contributed by atoms with Crippen LogP contribution in [0.5, 0.6) is 5.75 Å². The van der Waals surface area contributed by atoms with E-state index in [9.17, 15) is 5.11 Å². The third-order valence-electron chi connectivity index (χ3n) is 4.12. The lowest BCUT2D eigenvalue weighted by atomic mass is 9.73. The SMILES string of the molecule is COc1ccc(C(CN)C2(O)CCCCC2)cc1.O=CO. The Bertz CT molecular complexity index is 413. The summed E-state index contributed by atoms with van der Waals surface area (Å²) in [5.41, 5.74) is 6.39. The number of hydrogen-bond acceptors (Lipinski definition) is 4. The molecule has 1 aromatic rings. The fourth-order valence-electron chi connectivity index (χ4n) is 3.01. The first-order chi connectivity index (χ1) is 10.1. The van der Waals surface area contributed by atoms with E-state index in [1.807, 2.05) is 24.3 Å². The van der Waals surface area contributed by atoms with Crippen molar-refractivity contribution in [2.75, 3.05) is 13.7 Å². The number of aliphatic hydroxyl groups is 1. The van der Waals surface area contributed by atoms with Gasteiger partial charge in [-0.05, 0) is 30.5 Å². The highest BCUT2D eigenvalue weighted by Gasteiger charge is 2.37. The average molecular weight is 295 g/mol. The van der Waals surface area contributed by atoms with Gasteiger partial charge in [-0.1, -0.05) is 31.4 Å². The summed E-state index contributed by atoms with van der Waals surface area (Å²) >= 11 is 0. The molecule has 1 atom stereocenters. The van der Waals surface area contributed by atoms with Gasteiger partial charge in [0.05, 0.1) is 12.7 Å². The highest BCUT2D eigenvalue weighted by Crippen LogP contribution is 2.39. The molecule has 21 heavy (non-hydrogen) atoms. The molecule has 1 saturated carbocycles. The molecule has 0 aliphatic heterocycles. The van der Waals surface area contributed by atoms with E-state index in [-0.39, 0.29) is 12.4 Å². The number of nitrogens with two attached hydrogens (primary N) is 1. The molecule has 118 valence electrons. The molecule has 0 aromatic heterocycles. The van der Waals surface area contributed by atoms with Gasteiger partial charge in [-0.15, -0.1) is 0 Å². The zero-order valence-corrected chi connectivity index (χ0v) is 12.5. The highest BCUT2D eigenvalue weighted by atomic mass is 16.5. The van der Waals surface area contributed by atoms with Crippen LogP contribution in [0.4, 0.5) is 0 Å². The lowest BCUT2D eigenvalue weighted by Crippen LogP contribution is -2.41. The lowest BCUT2D eigenvalue weighted by molar-refractivity contribution is -0.122. The standard InChI is InChI=1S/C15H23NO2.CH2O2/c1-18-13-7-5-12(6-8-13)14(11-16)15(17)9-3-2-4-10-15;2-1-3/h5-8,14,17H,2-4,9-11,16H2,1H3;1H,(H,2,3). The van der Waals surface area contributed by atoms with Gasteiger partial charge < -0.3 is 20.7 Å². The monoisotopic (exact) mass is 295 g/mol. The number of rotatable bonds is 4. The van der Waals surface area contributed by atoms with Crippen LogP contribution in [0.25, 0.3) is 0 Å². The Labute approximate surface area is 125 Å². The largest absolute Gasteiger partial charge is 0.497 e. The van der Waals surface area contributed by atoms with Crippen molar-refractivity contribution in [3.63, 3.8) is 0 Å². The second kappa shape index (κ2) is 8.64. The molecule has 5 nitrogen and oxygen atoms in total. The molecule has 1 fully saturated rings. The smallest absolute Gasteiger partial charge is 0.290 e. The van der Waals surface area contributed by atoms with Crippen LogP contribution in [-0.2, 0) is 4.79 Å². The van der Waals surface area contributed by atoms with Crippen LogP contribution in [0.3, 0.4) is 0 Å². The second-order valence-electron chi connectivity index (χ2n) is 5.33. The van der Waals surface area contributed by atoms with Gasteiger partial charge in [0.15, 0.2) is 0 Å². The van der Waals surface area contributed by atoms with Gasteiger partial charge in [0.1, 0.15) is 5.75 Å². The summed E-state index contributed by atoms with van der Waals surface area (Å²) in [4.78, 5) is 8.36. The second-order valence-corrected chi connectivity index (χ2v) is 5.33. The zero-order valence-electron chi connectivity index (χ0n) is 12.5. The maximum atomic E-state index is 10.8. The maximum absolute atomic E-state index is 10.8. The van der Waals surface area contributed by atoms with Gasteiger partial charge >= 0.3 is 0 Å². The molecule has 1 aliphatic rings. The number of benzene rings is 1. The van der Waals surface area contributed by atoms with Crippen molar-refractivity contribution in [1.82, 2.24) is 0 Å². The van der Waals surface area contributed by atoms with Crippen molar-refractivity contribution in [2.24, 2.45) is 5.73 Å². The third kappa shape index (κ3) is 4.72. The molecule has 4 N–H and O–H groups in total. The summed E-state index contributed by atoms with van der Waals surface area (Å²) in [5.74, 6) is 0.869. The number of methoxy groups -OCH3 is 1. The Morgan fingerprint density at radius 1 is 1.29 bits per heavy atom. The summed E-state index contributed by atoms with van der Waals surface area (Å²) in [6.45, 7) is 0.239. The van der Waals surface area contributed by atoms with Crippen LogP contribution < -0.4 is 10.5 Å². The molecule has 1 aromatic carbocycles. The molecule has 1 unspecified atom stereocenters. The first-order valence-corrected chi connectivity index (χ1v) is 7.25. The molecule has 0 bridgehead atoms. The summed E-state index contributed by atoms with van der Waals surface area (Å²) in [5, 5.41) is 17.7. The van der Waals surface area contributed by atoms with E-state index < -0.39 is 5.60 Å². The van der Waals surface area contributed by atoms with Gasteiger partial charge in [-0.3, -0.25) is 4.79 Å². The topological polar surface area (TPSA) is 92.8 Å². The first-order valence-electron chi connectivity index (χ1n) is 7.25. The van der Waals surface area contributed by atoms with E-state index in [1.165, 1.54) is 6.42 Å². The van der Waals surface area contributed by atoms with E-state index in [2.05, 4.69) is 0 Å². The van der Waals surface area contributed by atoms with Gasteiger partial charge in [0.25, 0.3) is 6.47 Å². The molecule has 1 aliphatic carbocycles. The van der Waals surface area contributed by atoms with E-state index in [4.69, 9.17) is 20.4 Å². The van der Waals surface area contributed by atoms with Gasteiger partial charge in [-0.2, -0.15) is 0 Å². The van der Waals surface area contributed by atoms with Gasteiger partial charge in [-0.25, -0.2) is 0 Å². The predicted molar refractivity (Wildman–Crippen MR) is 81.5 cm³/mol. The van der Waals surface area contributed by atoms with Crippen LogP contribution in [0.1, 0.15) is 43.6 Å². The van der Waals surface area contributed by atoms with Crippen molar-refractivity contribution in [1.29, 1.82) is 0 Å². The minimum Gasteiger partial charge on any atom is -0.497 e. The van der Waals surface area contributed by atoms with Crippen molar-refractivity contribution < 1.29 is 19.7 Å². The molecule has 0 saturated heterocycles. The Balaban J connectivity index is 0.000000677. The zero-order chi connectivity index (χ0) is 15.7. The molecule has 5 heteroatoms. The normalized spacial score (nSPS) is 18.0. The minimum atomic E-state index is -0.623. The Kier molecular flexibility index (Phi) is 7.19.